The van der Waals surface area contributed by atoms with Gasteiger partial charge in [0.2, 0.25) is 0 Å². The molecule has 1 saturated heterocycles. The zero-order valence-corrected chi connectivity index (χ0v) is 8.84. The van der Waals surface area contributed by atoms with E-state index in [1.807, 2.05) is 6.20 Å². The van der Waals surface area contributed by atoms with Crippen molar-refractivity contribution in [2.24, 2.45) is 5.92 Å². The number of aryl methyl sites for hydroxylation is 1. The average Bonchev–Trinajstić information content (AvgIpc) is 2.67. The van der Waals surface area contributed by atoms with Gasteiger partial charge >= 0.3 is 0 Å². The van der Waals surface area contributed by atoms with Gasteiger partial charge in [0.1, 0.15) is 0 Å². The lowest BCUT2D eigenvalue weighted by atomic mass is 9.93. The lowest BCUT2D eigenvalue weighted by Gasteiger charge is -2.22. The highest BCUT2D eigenvalue weighted by Gasteiger charge is 2.15. The third-order valence-corrected chi connectivity index (χ3v) is 3.08. The molecule has 0 spiro atoms. The number of H-pyrrole nitrogens is 1. The number of nitrogens with one attached hydrogen (secondary N) is 2. The fourth-order valence-corrected chi connectivity index (χ4v) is 2.21. The maximum absolute atomic E-state index is 4.11. The molecule has 0 radical (unpaired) electrons. The standard InChI is InChI=1S/C11H19N3/c1-2-10-8-13-14-11(10)6-9-4-3-5-12-7-9/h8-9,12H,2-7H2,1H3,(H,13,14). The van der Waals surface area contributed by atoms with Crippen molar-refractivity contribution < 1.29 is 0 Å². The van der Waals surface area contributed by atoms with Crippen LogP contribution in [0.5, 0.6) is 0 Å². The van der Waals surface area contributed by atoms with Crippen molar-refractivity contribution in [3.05, 3.63) is 17.5 Å². The Morgan fingerprint density at radius 2 is 2.50 bits per heavy atom. The van der Waals surface area contributed by atoms with E-state index in [0.717, 1.165) is 18.8 Å². The number of piperidine rings is 1. The van der Waals surface area contributed by atoms with Crippen molar-refractivity contribution in [3.63, 3.8) is 0 Å². The van der Waals surface area contributed by atoms with E-state index in [1.165, 1.54) is 37.2 Å². The van der Waals surface area contributed by atoms with Gasteiger partial charge in [0.05, 0.1) is 6.20 Å². The summed E-state index contributed by atoms with van der Waals surface area (Å²) < 4.78 is 0. The van der Waals surface area contributed by atoms with E-state index in [2.05, 4.69) is 22.4 Å². The van der Waals surface area contributed by atoms with Crippen LogP contribution in [0.2, 0.25) is 0 Å². The van der Waals surface area contributed by atoms with Crippen molar-refractivity contribution in [2.75, 3.05) is 13.1 Å². The maximum Gasteiger partial charge on any atom is 0.0522 e. The van der Waals surface area contributed by atoms with Crippen LogP contribution in [0.4, 0.5) is 0 Å². The zero-order valence-electron chi connectivity index (χ0n) is 8.84. The molecule has 0 aromatic carbocycles. The number of aromatic nitrogens is 2. The lowest BCUT2D eigenvalue weighted by molar-refractivity contribution is 0.373. The zero-order chi connectivity index (χ0) is 9.80. The Hall–Kier alpha value is -0.830. The van der Waals surface area contributed by atoms with E-state index >= 15 is 0 Å². The molecular formula is C11H19N3. The fourth-order valence-electron chi connectivity index (χ4n) is 2.21. The van der Waals surface area contributed by atoms with E-state index in [9.17, 15) is 0 Å². The van der Waals surface area contributed by atoms with Gasteiger partial charge in [0.15, 0.2) is 0 Å². The molecule has 2 N–H and O–H groups in total. The van der Waals surface area contributed by atoms with E-state index in [1.54, 1.807) is 0 Å². The Morgan fingerprint density at radius 3 is 3.21 bits per heavy atom. The van der Waals surface area contributed by atoms with Crippen LogP contribution < -0.4 is 5.32 Å². The maximum atomic E-state index is 4.11. The van der Waals surface area contributed by atoms with Gasteiger partial charge < -0.3 is 5.32 Å². The third-order valence-electron chi connectivity index (χ3n) is 3.08. The van der Waals surface area contributed by atoms with Crippen LogP contribution in [-0.2, 0) is 12.8 Å². The molecule has 0 amide bonds. The van der Waals surface area contributed by atoms with E-state index in [-0.39, 0.29) is 0 Å². The van der Waals surface area contributed by atoms with Gasteiger partial charge in [-0.25, -0.2) is 0 Å². The van der Waals surface area contributed by atoms with E-state index in [4.69, 9.17) is 0 Å². The minimum atomic E-state index is 0.800. The first-order chi connectivity index (χ1) is 6.90. The smallest absolute Gasteiger partial charge is 0.0522 e. The van der Waals surface area contributed by atoms with Crippen LogP contribution in [0.25, 0.3) is 0 Å². The number of hydrogen-bond donors (Lipinski definition) is 2. The summed E-state index contributed by atoms with van der Waals surface area (Å²) >= 11 is 0. The van der Waals surface area contributed by atoms with Crippen molar-refractivity contribution in [1.29, 1.82) is 0 Å². The molecule has 78 valence electrons. The molecule has 1 aliphatic rings. The molecule has 2 heterocycles. The van der Waals surface area contributed by atoms with Crippen LogP contribution in [0.15, 0.2) is 6.20 Å². The number of rotatable bonds is 3. The first-order valence-electron chi connectivity index (χ1n) is 5.62. The summed E-state index contributed by atoms with van der Waals surface area (Å²) in [6.45, 7) is 4.55. The summed E-state index contributed by atoms with van der Waals surface area (Å²) in [4.78, 5) is 0. The molecule has 1 aromatic heterocycles. The van der Waals surface area contributed by atoms with Gasteiger partial charge in [-0.15, -0.1) is 0 Å². The van der Waals surface area contributed by atoms with Crippen LogP contribution in [-0.4, -0.2) is 23.3 Å². The summed E-state index contributed by atoms with van der Waals surface area (Å²) in [5.41, 5.74) is 2.73. The number of nitrogens with zero attached hydrogens (tertiary/aromatic N) is 1. The van der Waals surface area contributed by atoms with Crippen LogP contribution in [0, 0.1) is 5.92 Å². The molecule has 1 fully saturated rings. The molecule has 1 atom stereocenters. The Balaban J connectivity index is 1.95. The lowest BCUT2D eigenvalue weighted by Crippen LogP contribution is -2.31. The highest BCUT2D eigenvalue weighted by atomic mass is 15.1. The second-order valence-electron chi connectivity index (χ2n) is 4.14. The molecule has 1 aliphatic heterocycles. The molecule has 2 rings (SSSR count). The van der Waals surface area contributed by atoms with Gasteiger partial charge in [-0.05, 0) is 50.3 Å². The minimum Gasteiger partial charge on any atom is -0.316 e. The highest BCUT2D eigenvalue weighted by Crippen LogP contribution is 2.17. The predicted octanol–water partition coefficient (Wildman–Crippen LogP) is 1.51. The molecule has 3 nitrogen and oxygen atoms in total. The van der Waals surface area contributed by atoms with Crippen molar-refractivity contribution >= 4 is 0 Å². The molecule has 0 bridgehead atoms. The van der Waals surface area contributed by atoms with Gasteiger partial charge in [0.25, 0.3) is 0 Å². The Bertz CT molecular complexity index is 274. The van der Waals surface area contributed by atoms with Gasteiger partial charge in [-0.2, -0.15) is 5.10 Å². The SMILES string of the molecule is CCc1cn[nH]c1CC1CCCNC1. The van der Waals surface area contributed by atoms with Crippen LogP contribution >= 0.6 is 0 Å². The quantitative estimate of drug-likeness (QED) is 0.764. The topological polar surface area (TPSA) is 40.7 Å². The number of hydrogen-bond acceptors (Lipinski definition) is 2. The minimum absolute atomic E-state index is 0.800. The van der Waals surface area contributed by atoms with Crippen molar-refractivity contribution in [2.45, 2.75) is 32.6 Å². The molecular weight excluding hydrogens is 174 g/mol. The predicted molar refractivity (Wildman–Crippen MR) is 57.3 cm³/mol. The second kappa shape index (κ2) is 4.60. The highest BCUT2D eigenvalue weighted by molar-refractivity contribution is 5.16. The summed E-state index contributed by atoms with van der Waals surface area (Å²) in [6, 6.07) is 0. The van der Waals surface area contributed by atoms with E-state index in [0.29, 0.717) is 0 Å². The summed E-state index contributed by atoms with van der Waals surface area (Å²) in [6.07, 6.45) is 6.89. The summed E-state index contributed by atoms with van der Waals surface area (Å²) in [5, 5.41) is 10.7. The number of aromatic amines is 1. The summed E-state index contributed by atoms with van der Waals surface area (Å²) in [5.74, 6) is 0.800. The van der Waals surface area contributed by atoms with Crippen LogP contribution in [0.3, 0.4) is 0 Å². The summed E-state index contributed by atoms with van der Waals surface area (Å²) in [7, 11) is 0. The van der Waals surface area contributed by atoms with Gasteiger partial charge in [-0.3, -0.25) is 5.10 Å². The third kappa shape index (κ3) is 2.15. The molecule has 1 unspecified atom stereocenters. The first-order valence-corrected chi connectivity index (χ1v) is 5.62. The fraction of sp³-hybridized carbons (Fsp3) is 0.727. The molecule has 14 heavy (non-hydrogen) atoms. The van der Waals surface area contributed by atoms with Crippen molar-refractivity contribution in [1.82, 2.24) is 15.5 Å². The van der Waals surface area contributed by atoms with Crippen LogP contribution in [0.1, 0.15) is 31.0 Å². The largest absolute Gasteiger partial charge is 0.316 e. The Labute approximate surface area is 85.3 Å². The van der Waals surface area contributed by atoms with Crippen molar-refractivity contribution in [3.8, 4) is 0 Å². The van der Waals surface area contributed by atoms with Gasteiger partial charge in [0, 0.05) is 5.69 Å². The normalized spacial score (nSPS) is 22.5. The molecule has 0 aliphatic carbocycles. The van der Waals surface area contributed by atoms with Gasteiger partial charge in [-0.1, -0.05) is 6.92 Å². The monoisotopic (exact) mass is 193 g/mol. The molecule has 3 heteroatoms. The Morgan fingerprint density at radius 1 is 1.57 bits per heavy atom. The Kier molecular flexibility index (Phi) is 3.19. The molecule has 0 saturated carbocycles. The molecule has 1 aromatic rings. The second-order valence-corrected chi connectivity index (χ2v) is 4.14. The van der Waals surface area contributed by atoms with E-state index < -0.39 is 0 Å². The average molecular weight is 193 g/mol. The first kappa shape index (κ1) is 9.71.